The van der Waals surface area contributed by atoms with Gasteiger partial charge in [0.25, 0.3) is 0 Å². The first-order valence-electron chi connectivity index (χ1n) is 0.535. The lowest BCUT2D eigenvalue weighted by molar-refractivity contribution is 2.20. The Kier molecular flexibility index (Phi) is 21.0. The smallest absolute Gasteiger partial charge is 0.0967 e. The lowest BCUT2D eigenvalue weighted by Crippen LogP contribution is -1.24. The first kappa shape index (κ1) is 8.82. The summed E-state index contributed by atoms with van der Waals surface area (Å²) in [6.07, 6.45) is 0. The van der Waals surface area contributed by atoms with Crippen molar-refractivity contribution in [2.45, 2.75) is 0 Å². The first-order valence-corrected chi connectivity index (χ1v) is 1.60. The Morgan fingerprint density at radius 3 is 1.25 bits per heavy atom. The van der Waals surface area contributed by atoms with Gasteiger partial charge in [0.2, 0.25) is 0 Å². The Morgan fingerprint density at radius 1 is 1.25 bits per heavy atom. The molecule has 0 aliphatic heterocycles. The van der Waals surface area contributed by atoms with E-state index in [0.29, 0.717) is 0 Å². The highest BCUT2D eigenvalue weighted by Gasteiger charge is 1.41. The van der Waals surface area contributed by atoms with E-state index in [4.69, 9.17) is 23.2 Å². The molecule has 24 valence electrons. The summed E-state index contributed by atoms with van der Waals surface area (Å²) in [5.74, 6) is 0. The molecule has 4 heavy (non-hydrogen) atoms. The van der Waals surface area contributed by atoms with E-state index in [0.717, 1.165) is 0 Å². The SMILES string of the molecule is ClCCl.[C]. The van der Waals surface area contributed by atoms with Crippen LogP contribution in [0.25, 0.3) is 0 Å². The van der Waals surface area contributed by atoms with E-state index < -0.39 is 0 Å². The summed E-state index contributed by atoms with van der Waals surface area (Å²) in [6, 6.07) is 0. The number of alkyl halides is 2. The predicted molar refractivity (Wildman–Crippen MR) is 19.8 cm³/mol. The molecule has 0 aromatic heterocycles. The van der Waals surface area contributed by atoms with Gasteiger partial charge < -0.3 is 0 Å². The zero-order valence-electron chi connectivity index (χ0n) is 1.96. The van der Waals surface area contributed by atoms with Gasteiger partial charge in [0.15, 0.2) is 0 Å². The fourth-order valence-electron chi connectivity index (χ4n) is 0. The standard InChI is InChI=1S/CH2Cl2.C/c2-1-3;/h1H2;. The Morgan fingerprint density at radius 2 is 1.25 bits per heavy atom. The lowest BCUT2D eigenvalue weighted by atomic mass is 11.9. The van der Waals surface area contributed by atoms with Crippen molar-refractivity contribution in [3.63, 3.8) is 0 Å². The number of hydrogen-bond acceptors (Lipinski definition) is 0. The van der Waals surface area contributed by atoms with Gasteiger partial charge in [-0.25, -0.2) is 0 Å². The Bertz CT molecular complexity index is 4.00. The van der Waals surface area contributed by atoms with Crippen LogP contribution in [-0.2, 0) is 0 Å². The number of halogens is 2. The molecule has 0 fully saturated rings. The Hall–Kier alpha value is 0.580. The predicted octanol–water partition coefficient (Wildman–Crippen LogP) is 1.50. The zero-order chi connectivity index (χ0) is 2.71. The van der Waals surface area contributed by atoms with E-state index in [9.17, 15) is 0 Å². The summed E-state index contributed by atoms with van der Waals surface area (Å²) in [5, 5.41) is 0.194. The fourth-order valence-corrected chi connectivity index (χ4v) is 0. The van der Waals surface area contributed by atoms with Crippen molar-refractivity contribution < 1.29 is 0 Å². The molecule has 0 spiro atoms. The van der Waals surface area contributed by atoms with Crippen LogP contribution in [0.3, 0.4) is 0 Å². The maximum absolute atomic E-state index is 4.76. The summed E-state index contributed by atoms with van der Waals surface area (Å²) in [7, 11) is 0. The van der Waals surface area contributed by atoms with Crippen LogP contribution < -0.4 is 0 Å². The molecule has 0 nitrogen and oxygen atoms in total. The summed E-state index contributed by atoms with van der Waals surface area (Å²) in [4.78, 5) is 0. The van der Waals surface area contributed by atoms with Crippen LogP contribution in [0.4, 0.5) is 0 Å². The van der Waals surface area contributed by atoms with Crippen molar-refractivity contribution in [2.75, 3.05) is 5.34 Å². The highest BCUT2D eigenvalue weighted by Crippen LogP contribution is 1.73. The minimum Gasteiger partial charge on any atom is -0.109 e. The number of rotatable bonds is 0. The van der Waals surface area contributed by atoms with Gasteiger partial charge in [-0.15, -0.1) is 23.2 Å². The highest BCUT2D eigenvalue weighted by molar-refractivity contribution is 6.40. The van der Waals surface area contributed by atoms with Crippen LogP contribution in [0.15, 0.2) is 0 Å². The molecule has 0 saturated carbocycles. The van der Waals surface area contributed by atoms with Crippen LogP contribution >= 0.6 is 23.2 Å². The van der Waals surface area contributed by atoms with Gasteiger partial charge >= 0.3 is 0 Å². The van der Waals surface area contributed by atoms with Gasteiger partial charge in [-0.1, -0.05) is 0 Å². The minimum atomic E-state index is 0. The van der Waals surface area contributed by atoms with Crippen molar-refractivity contribution in [3.8, 4) is 0 Å². The van der Waals surface area contributed by atoms with E-state index in [1.807, 2.05) is 0 Å². The van der Waals surface area contributed by atoms with Crippen molar-refractivity contribution in [1.29, 1.82) is 0 Å². The van der Waals surface area contributed by atoms with E-state index >= 15 is 0 Å². The fraction of sp³-hybridized carbons (Fsp3) is 0.500. The first-order chi connectivity index (χ1) is 1.41. The molecule has 0 N–H and O–H groups in total. The summed E-state index contributed by atoms with van der Waals surface area (Å²) in [6.45, 7) is 0. The van der Waals surface area contributed by atoms with Gasteiger partial charge in [-0.05, 0) is 0 Å². The average Bonchev–Trinajstić information content (AvgIpc) is 0.918. The average molecular weight is 96.9 g/mol. The quantitative estimate of drug-likeness (QED) is 0.402. The van der Waals surface area contributed by atoms with E-state index in [1.54, 1.807) is 0 Å². The molecule has 4 radical (unpaired) electrons. The molecule has 2 heteroatoms. The molecule has 0 rings (SSSR count). The third-order valence-electron chi connectivity index (χ3n) is 0. The molecule has 0 bridgehead atoms. The zero-order valence-corrected chi connectivity index (χ0v) is 3.47. The van der Waals surface area contributed by atoms with E-state index in [-0.39, 0.29) is 12.8 Å². The molecule has 0 aromatic carbocycles. The van der Waals surface area contributed by atoms with Gasteiger partial charge in [0.05, 0.1) is 5.34 Å². The Balaban J connectivity index is 0. The van der Waals surface area contributed by atoms with Crippen molar-refractivity contribution in [2.24, 2.45) is 0 Å². The topological polar surface area (TPSA) is 0 Å². The molecule has 0 heterocycles. The van der Waals surface area contributed by atoms with E-state index in [2.05, 4.69) is 0 Å². The summed E-state index contributed by atoms with van der Waals surface area (Å²) < 4.78 is 0. The maximum atomic E-state index is 4.76. The maximum Gasteiger partial charge on any atom is 0.0967 e. The van der Waals surface area contributed by atoms with Gasteiger partial charge in [0.1, 0.15) is 0 Å². The second-order valence-electron chi connectivity index (χ2n) is 0.101. The Labute approximate surface area is 36.7 Å². The molecule has 0 unspecified atom stereocenters. The van der Waals surface area contributed by atoms with Gasteiger partial charge in [0, 0.05) is 7.43 Å². The van der Waals surface area contributed by atoms with Crippen LogP contribution in [0.5, 0.6) is 0 Å². The largest absolute Gasteiger partial charge is 0.109 e. The van der Waals surface area contributed by atoms with Crippen molar-refractivity contribution in [3.05, 3.63) is 7.43 Å². The molecule has 0 atom stereocenters. The van der Waals surface area contributed by atoms with Gasteiger partial charge in [-0.3, -0.25) is 0 Å². The molecule has 0 aromatic rings. The molecule has 0 saturated heterocycles. The molecular formula is C2H2Cl2. The number of hydrogen-bond donors (Lipinski definition) is 0. The molecule has 0 aliphatic carbocycles. The van der Waals surface area contributed by atoms with Crippen molar-refractivity contribution >= 4 is 23.2 Å². The van der Waals surface area contributed by atoms with E-state index in [1.165, 1.54) is 0 Å². The minimum absolute atomic E-state index is 0. The summed E-state index contributed by atoms with van der Waals surface area (Å²) in [5.41, 5.74) is 0. The third kappa shape index (κ3) is 19.1. The van der Waals surface area contributed by atoms with Crippen LogP contribution in [-0.4, -0.2) is 5.34 Å². The third-order valence-corrected chi connectivity index (χ3v) is 0. The molecule has 0 amide bonds. The highest BCUT2D eigenvalue weighted by atomic mass is 35.5. The normalized spacial score (nSPS) is 4.50. The van der Waals surface area contributed by atoms with Crippen LogP contribution in [0.1, 0.15) is 0 Å². The molecular weight excluding hydrogens is 94.9 g/mol. The van der Waals surface area contributed by atoms with Gasteiger partial charge in [-0.2, -0.15) is 0 Å². The lowest BCUT2D eigenvalue weighted by Gasteiger charge is -1.42. The van der Waals surface area contributed by atoms with Crippen LogP contribution in [0.2, 0.25) is 0 Å². The second kappa shape index (κ2) is 9.55. The summed E-state index contributed by atoms with van der Waals surface area (Å²) >= 11 is 9.53. The van der Waals surface area contributed by atoms with Crippen LogP contribution in [0, 0.1) is 7.43 Å². The monoisotopic (exact) mass is 96.0 g/mol. The van der Waals surface area contributed by atoms with Crippen molar-refractivity contribution in [1.82, 2.24) is 0 Å². The second-order valence-corrected chi connectivity index (χ2v) is 0.909. The molecule has 0 aliphatic rings.